The molecule has 2 fully saturated rings. The zero-order valence-electron chi connectivity index (χ0n) is 17.1. The average molecular weight is 340 g/mol. The van der Waals surface area contributed by atoms with E-state index >= 15 is 0 Å². The highest BCUT2D eigenvalue weighted by atomic mass is 15.2. The second-order valence-corrected chi connectivity index (χ2v) is 8.56. The molecule has 0 amide bonds. The van der Waals surface area contributed by atoms with Crippen LogP contribution in [0.5, 0.6) is 0 Å². The van der Waals surface area contributed by atoms with Crippen LogP contribution in [0.1, 0.15) is 91.9 Å². The number of nitrogens with zero attached hydrogens (tertiary/aromatic N) is 1. The van der Waals surface area contributed by atoms with Crippen LogP contribution in [0.25, 0.3) is 0 Å². The largest absolute Gasteiger partial charge is 0.331 e. The third-order valence-corrected chi connectivity index (χ3v) is 6.61. The van der Waals surface area contributed by atoms with Gasteiger partial charge in [0.25, 0.3) is 0 Å². The molecule has 0 aromatic rings. The fourth-order valence-corrected chi connectivity index (χ4v) is 5.17. The Morgan fingerprint density at radius 2 is 1.46 bits per heavy atom. The summed E-state index contributed by atoms with van der Waals surface area (Å²) in [5.74, 6) is 0. The lowest BCUT2D eigenvalue weighted by atomic mass is 9.60. The topological polar surface area (TPSA) is 55.3 Å². The van der Waals surface area contributed by atoms with E-state index in [2.05, 4.69) is 25.7 Å². The molecule has 2 aliphatic rings. The Morgan fingerprint density at radius 3 is 1.92 bits per heavy atom. The monoisotopic (exact) mass is 339 g/mol. The van der Waals surface area contributed by atoms with Crippen LogP contribution in [-0.2, 0) is 0 Å². The maximum atomic E-state index is 5.74. The summed E-state index contributed by atoms with van der Waals surface area (Å²) in [7, 11) is 0. The fourth-order valence-electron chi connectivity index (χ4n) is 5.17. The van der Waals surface area contributed by atoms with E-state index in [9.17, 15) is 0 Å². The maximum absolute atomic E-state index is 5.74. The quantitative estimate of drug-likeness (QED) is 0.716. The first-order valence-corrected chi connectivity index (χ1v) is 10.6. The van der Waals surface area contributed by atoms with Gasteiger partial charge in [0.05, 0.1) is 0 Å². The van der Waals surface area contributed by atoms with Crippen molar-refractivity contribution in [2.75, 3.05) is 26.2 Å². The molecule has 1 saturated carbocycles. The van der Waals surface area contributed by atoms with Crippen LogP contribution in [-0.4, -0.2) is 37.1 Å². The van der Waals surface area contributed by atoms with Crippen LogP contribution in [0.15, 0.2) is 0 Å². The highest BCUT2D eigenvalue weighted by Crippen LogP contribution is 2.53. The zero-order chi connectivity index (χ0) is 18.1. The van der Waals surface area contributed by atoms with Gasteiger partial charge in [0.15, 0.2) is 0 Å². The van der Waals surface area contributed by atoms with E-state index in [1.165, 1.54) is 70.9 Å². The van der Waals surface area contributed by atoms with Gasteiger partial charge in [-0.2, -0.15) is 0 Å². The third kappa shape index (κ3) is 6.00. The van der Waals surface area contributed by atoms with Crippen molar-refractivity contribution in [1.82, 2.24) is 4.90 Å². The van der Waals surface area contributed by atoms with Crippen LogP contribution < -0.4 is 11.5 Å². The summed E-state index contributed by atoms with van der Waals surface area (Å²) in [6.07, 6.45) is 14.2. The van der Waals surface area contributed by atoms with E-state index in [0.29, 0.717) is 16.9 Å². The van der Waals surface area contributed by atoms with E-state index < -0.39 is 0 Å². The maximum Gasteiger partial charge on any atom is 0.00791 e. The minimum absolute atomic E-state index is 0.661. The summed E-state index contributed by atoms with van der Waals surface area (Å²) in [5, 5.41) is 0. The van der Waals surface area contributed by atoms with Crippen molar-refractivity contribution in [3.8, 4) is 0 Å². The van der Waals surface area contributed by atoms with Gasteiger partial charge in [-0.15, -0.1) is 0 Å². The Hall–Kier alpha value is -0.120. The van der Waals surface area contributed by atoms with Crippen molar-refractivity contribution in [1.29, 1.82) is 0 Å². The van der Waals surface area contributed by atoms with Crippen LogP contribution in [0.3, 0.4) is 0 Å². The van der Waals surface area contributed by atoms with E-state index in [4.69, 9.17) is 11.5 Å². The molecule has 3 heteroatoms. The van der Waals surface area contributed by atoms with Crippen LogP contribution in [0.2, 0.25) is 0 Å². The van der Waals surface area contributed by atoms with Crippen molar-refractivity contribution >= 4 is 0 Å². The van der Waals surface area contributed by atoms with Crippen molar-refractivity contribution in [2.45, 2.75) is 97.9 Å². The van der Waals surface area contributed by atoms with E-state index in [1.807, 2.05) is 6.92 Å². The molecule has 1 heterocycles. The summed E-state index contributed by atoms with van der Waals surface area (Å²) in [5.41, 5.74) is 11.9. The molecular weight excluding hydrogens is 294 g/mol. The molecule has 144 valence electrons. The number of nitrogens with two attached hydrogens (primary N) is 2. The van der Waals surface area contributed by atoms with Crippen molar-refractivity contribution in [3.05, 3.63) is 0 Å². The van der Waals surface area contributed by atoms with Crippen LogP contribution in [0.4, 0.5) is 0 Å². The van der Waals surface area contributed by atoms with Crippen LogP contribution >= 0.6 is 0 Å². The molecular formula is C21H45N3. The molecule has 0 radical (unpaired) electrons. The molecule has 0 bridgehead atoms. The molecule has 1 unspecified atom stereocenters. The van der Waals surface area contributed by atoms with E-state index in [1.54, 1.807) is 0 Å². The first-order chi connectivity index (χ1) is 11.5. The fraction of sp³-hybridized carbons (Fsp3) is 1.00. The van der Waals surface area contributed by atoms with Crippen molar-refractivity contribution in [3.63, 3.8) is 0 Å². The standard InChI is InChI=1S/C19H38N2.C2H7N/c1-4-7-18(8-5-2)9-11-19(12-10-18)13-15-21(16-19)17(3)6-14-20;1-2-3/h17H,4-16,20H2,1-3H3;2-3H2,1H3. The van der Waals surface area contributed by atoms with Crippen molar-refractivity contribution < 1.29 is 0 Å². The first-order valence-electron chi connectivity index (χ1n) is 10.6. The zero-order valence-corrected chi connectivity index (χ0v) is 17.1. The second-order valence-electron chi connectivity index (χ2n) is 8.56. The summed E-state index contributed by atoms with van der Waals surface area (Å²) < 4.78 is 0. The molecule has 0 aromatic carbocycles. The summed E-state index contributed by atoms with van der Waals surface area (Å²) in [6, 6.07) is 0.687. The minimum Gasteiger partial charge on any atom is -0.331 e. The highest BCUT2D eigenvalue weighted by molar-refractivity contribution is 4.98. The minimum atomic E-state index is 0.661. The second kappa shape index (κ2) is 10.8. The first kappa shape index (κ1) is 21.9. The predicted molar refractivity (Wildman–Crippen MR) is 107 cm³/mol. The Balaban J connectivity index is 0.000000891. The number of likely N-dealkylation sites (tertiary alicyclic amines) is 1. The van der Waals surface area contributed by atoms with Gasteiger partial charge in [0.2, 0.25) is 0 Å². The van der Waals surface area contributed by atoms with Gasteiger partial charge < -0.3 is 16.4 Å². The predicted octanol–water partition coefficient (Wildman–Crippen LogP) is 4.54. The molecule has 1 atom stereocenters. The lowest BCUT2D eigenvalue weighted by Gasteiger charge is -2.45. The lowest BCUT2D eigenvalue weighted by molar-refractivity contribution is 0.0613. The van der Waals surface area contributed by atoms with Crippen LogP contribution in [0, 0.1) is 10.8 Å². The highest BCUT2D eigenvalue weighted by Gasteiger charge is 2.45. The Bertz CT molecular complexity index is 313. The van der Waals surface area contributed by atoms with Gasteiger partial charge in [0, 0.05) is 12.6 Å². The molecule has 24 heavy (non-hydrogen) atoms. The number of rotatable bonds is 7. The van der Waals surface area contributed by atoms with E-state index in [0.717, 1.165) is 19.5 Å². The molecule has 2 rings (SSSR count). The number of hydrogen-bond donors (Lipinski definition) is 2. The molecule has 4 N–H and O–H groups in total. The third-order valence-electron chi connectivity index (χ3n) is 6.61. The SMILES string of the molecule is CCCC1(CCC)CCC2(CCN(C(C)CCN)C2)CC1.CCN. The van der Waals surface area contributed by atoms with Gasteiger partial charge in [-0.3, -0.25) is 0 Å². The summed E-state index contributed by atoms with van der Waals surface area (Å²) >= 11 is 0. The van der Waals surface area contributed by atoms with Crippen molar-refractivity contribution in [2.24, 2.45) is 22.3 Å². The van der Waals surface area contributed by atoms with Gasteiger partial charge in [0.1, 0.15) is 0 Å². The molecule has 1 saturated heterocycles. The Labute approximate surface area is 151 Å². The normalized spacial score (nSPS) is 23.8. The van der Waals surface area contributed by atoms with Gasteiger partial charge in [-0.1, -0.05) is 33.6 Å². The Kier molecular flexibility index (Phi) is 9.84. The molecule has 1 aliphatic heterocycles. The molecule has 1 spiro atoms. The van der Waals surface area contributed by atoms with Gasteiger partial charge >= 0.3 is 0 Å². The summed E-state index contributed by atoms with van der Waals surface area (Å²) in [6.45, 7) is 13.3. The molecule has 3 nitrogen and oxygen atoms in total. The lowest BCUT2D eigenvalue weighted by Crippen LogP contribution is -2.39. The van der Waals surface area contributed by atoms with E-state index in [-0.39, 0.29) is 0 Å². The Morgan fingerprint density at radius 1 is 0.917 bits per heavy atom. The smallest absolute Gasteiger partial charge is 0.00791 e. The average Bonchev–Trinajstić information content (AvgIpc) is 2.97. The molecule has 0 aromatic heterocycles. The summed E-state index contributed by atoms with van der Waals surface area (Å²) in [4.78, 5) is 2.72. The van der Waals surface area contributed by atoms with Gasteiger partial charge in [-0.05, 0) is 88.8 Å². The van der Waals surface area contributed by atoms with Gasteiger partial charge in [-0.25, -0.2) is 0 Å². The number of hydrogen-bond acceptors (Lipinski definition) is 3. The molecule has 1 aliphatic carbocycles.